The molecule has 1 nitrogen and oxygen atoms in total. The summed E-state index contributed by atoms with van der Waals surface area (Å²) in [6, 6.07) is 2.33. The summed E-state index contributed by atoms with van der Waals surface area (Å²) in [4.78, 5) is 0. The number of hydrogen-bond donors (Lipinski definition) is 0. The molecular formula is C11H11N. The topological polar surface area (TPSA) is 23.8 Å². The Balaban J connectivity index is 2.24. The lowest BCUT2D eigenvalue weighted by atomic mass is 9.74. The molecule has 1 saturated carbocycles. The Morgan fingerprint density at radius 2 is 2.17 bits per heavy atom. The van der Waals surface area contributed by atoms with E-state index in [0.29, 0.717) is 11.3 Å². The minimum atomic E-state index is 0.0666. The van der Waals surface area contributed by atoms with E-state index in [9.17, 15) is 0 Å². The van der Waals surface area contributed by atoms with Crippen LogP contribution in [0.4, 0.5) is 0 Å². The molecule has 1 heteroatoms. The predicted molar refractivity (Wildman–Crippen MR) is 46.0 cm³/mol. The third kappa shape index (κ3) is 0.357. The van der Waals surface area contributed by atoms with Gasteiger partial charge in [0.15, 0.2) is 0 Å². The van der Waals surface area contributed by atoms with E-state index in [1.165, 1.54) is 0 Å². The lowest BCUT2D eigenvalue weighted by Crippen LogP contribution is -2.22. The highest BCUT2D eigenvalue weighted by molar-refractivity contribution is 5.54. The van der Waals surface area contributed by atoms with E-state index < -0.39 is 0 Å². The molecule has 0 heterocycles. The molecule has 0 unspecified atom stereocenters. The lowest BCUT2D eigenvalue weighted by Gasteiger charge is -2.27. The number of hydrogen-bond acceptors (Lipinski definition) is 1. The van der Waals surface area contributed by atoms with Crippen LogP contribution in [-0.2, 0) is 0 Å². The maximum Gasteiger partial charge on any atom is 0.0953 e. The number of rotatable bonds is 0. The van der Waals surface area contributed by atoms with Crippen LogP contribution < -0.4 is 0 Å². The first-order valence-corrected chi connectivity index (χ1v) is 4.46. The monoisotopic (exact) mass is 157 g/mol. The Morgan fingerprint density at radius 3 is 2.75 bits per heavy atom. The maximum atomic E-state index is 8.95. The second kappa shape index (κ2) is 1.40. The minimum Gasteiger partial charge on any atom is -0.193 e. The summed E-state index contributed by atoms with van der Waals surface area (Å²) in [6.45, 7) is 4.51. The fraction of sp³-hybridized carbons (Fsp3) is 0.545. The van der Waals surface area contributed by atoms with Crippen molar-refractivity contribution in [3.63, 3.8) is 0 Å². The fourth-order valence-electron chi connectivity index (χ4n) is 3.23. The van der Waals surface area contributed by atoms with Crippen LogP contribution in [0, 0.1) is 34.0 Å². The van der Waals surface area contributed by atoms with Crippen LogP contribution in [0.25, 0.3) is 0 Å². The van der Waals surface area contributed by atoms with Gasteiger partial charge in [0.1, 0.15) is 0 Å². The van der Waals surface area contributed by atoms with Gasteiger partial charge in [-0.25, -0.2) is 0 Å². The molecule has 4 atom stereocenters. The summed E-state index contributed by atoms with van der Waals surface area (Å²) in [5, 5.41) is 8.95. The zero-order valence-corrected chi connectivity index (χ0v) is 7.33. The van der Waals surface area contributed by atoms with E-state index in [1.54, 1.807) is 0 Å². The van der Waals surface area contributed by atoms with Gasteiger partial charge in [-0.05, 0) is 17.3 Å². The molecule has 60 valence electrons. The van der Waals surface area contributed by atoms with Crippen LogP contribution in [0.1, 0.15) is 13.8 Å². The minimum absolute atomic E-state index is 0.0666. The summed E-state index contributed by atoms with van der Waals surface area (Å²) in [6.07, 6.45) is 6.71. The van der Waals surface area contributed by atoms with Gasteiger partial charge in [-0.1, -0.05) is 32.1 Å². The highest BCUT2D eigenvalue weighted by Crippen LogP contribution is 2.78. The first-order chi connectivity index (χ1) is 5.64. The molecule has 0 aliphatic heterocycles. The van der Waals surface area contributed by atoms with Crippen molar-refractivity contribution in [2.24, 2.45) is 22.7 Å². The van der Waals surface area contributed by atoms with Gasteiger partial charge in [-0.2, -0.15) is 5.26 Å². The molecule has 0 aromatic rings. The van der Waals surface area contributed by atoms with E-state index in [1.807, 2.05) is 0 Å². The SMILES string of the molecule is C[C@@]12[C@H]3C=C[C@]1(C)C(C#N)=C[C@@H]32. The summed E-state index contributed by atoms with van der Waals surface area (Å²) >= 11 is 0. The van der Waals surface area contributed by atoms with Crippen molar-refractivity contribution in [3.05, 3.63) is 23.8 Å². The molecule has 12 heavy (non-hydrogen) atoms. The van der Waals surface area contributed by atoms with E-state index in [2.05, 4.69) is 38.1 Å². The maximum absolute atomic E-state index is 8.95. The van der Waals surface area contributed by atoms with Crippen LogP contribution >= 0.6 is 0 Å². The van der Waals surface area contributed by atoms with Crippen LogP contribution in [-0.4, -0.2) is 0 Å². The van der Waals surface area contributed by atoms with Gasteiger partial charge >= 0.3 is 0 Å². The number of nitrogens with zero attached hydrogens (tertiary/aromatic N) is 1. The van der Waals surface area contributed by atoms with E-state index in [-0.39, 0.29) is 5.41 Å². The third-order valence-corrected chi connectivity index (χ3v) is 4.44. The molecule has 3 aliphatic carbocycles. The average Bonchev–Trinajstić information content (AvgIpc) is 2.50. The number of allylic oxidation sites excluding steroid dienone is 4. The van der Waals surface area contributed by atoms with E-state index in [0.717, 1.165) is 11.5 Å². The van der Waals surface area contributed by atoms with Crippen molar-refractivity contribution in [1.82, 2.24) is 0 Å². The van der Waals surface area contributed by atoms with Crippen LogP contribution in [0.15, 0.2) is 23.8 Å². The van der Waals surface area contributed by atoms with Gasteiger partial charge in [0, 0.05) is 11.0 Å². The van der Waals surface area contributed by atoms with Gasteiger partial charge in [-0.15, -0.1) is 0 Å². The molecular weight excluding hydrogens is 146 g/mol. The highest BCUT2D eigenvalue weighted by atomic mass is 14.8. The Hall–Kier alpha value is -1.03. The van der Waals surface area contributed by atoms with Crippen molar-refractivity contribution >= 4 is 0 Å². The molecule has 0 N–H and O–H groups in total. The van der Waals surface area contributed by atoms with Crippen molar-refractivity contribution < 1.29 is 0 Å². The molecule has 0 spiro atoms. The lowest BCUT2D eigenvalue weighted by molar-refractivity contribution is 0.322. The Labute approximate surface area is 72.4 Å². The van der Waals surface area contributed by atoms with Gasteiger partial charge in [0.25, 0.3) is 0 Å². The first kappa shape index (κ1) is 6.48. The Kier molecular flexibility index (Phi) is 0.754. The van der Waals surface area contributed by atoms with Gasteiger partial charge in [0.05, 0.1) is 6.07 Å². The summed E-state index contributed by atoms with van der Waals surface area (Å²) < 4.78 is 0. The second-order valence-electron chi connectivity index (χ2n) is 4.59. The summed E-state index contributed by atoms with van der Waals surface area (Å²) in [7, 11) is 0. The summed E-state index contributed by atoms with van der Waals surface area (Å²) in [5.74, 6) is 1.40. The summed E-state index contributed by atoms with van der Waals surface area (Å²) in [5.41, 5.74) is 1.43. The quantitative estimate of drug-likeness (QED) is 0.495. The Morgan fingerprint density at radius 1 is 1.42 bits per heavy atom. The van der Waals surface area contributed by atoms with Crippen LogP contribution in [0.3, 0.4) is 0 Å². The fourth-order valence-corrected chi connectivity index (χ4v) is 3.23. The van der Waals surface area contributed by atoms with Crippen molar-refractivity contribution in [2.75, 3.05) is 0 Å². The molecule has 0 bridgehead atoms. The van der Waals surface area contributed by atoms with Gasteiger partial charge < -0.3 is 0 Å². The molecule has 1 fully saturated rings. The van der Waals surface area contributed by atoms with E-state index >= 15 is 0 Å². The molecule has 0 amide bonds. The predicted octanol–water partition coefficient (Wildman–Crippen LogP) is 2.28. The van der Waals surface area contributed by atoms with Crippen LogP contribution in [0.5, 0.6) is 0 Å². The molecule has 0 aromatic heterocycles. The van der Waals surface area contributed by atoms with Crippen LogP contribution in [0.2, 0.25) is 0 Å². The first-order valence-electron chi connectivity index (χ1n) is 4.46. The molecule has 3 aliphatic rings. The molecule has 0 aromatic carbocycles. The molecule has 0 radical (unpaired) electrons. The molecule has 0 saturated heterocycles. The molecule has 3 rings (SSSR count). The second-order valence-corrected chi connectivity index (χ2v) is 4.59. The van der Waals surface area contributed by atoms with Gasteiger partial charge in [-0.3, -0.25) is 0 Å². The largest absolute Gasteiger partial charge is 0.193 e. The van der Waals surface area contributed by atoms with E-state index in [4.69, 9.17) is 5.26 Å². The highest BCUT2D eigenvalue weighted by Gasteiger charge is 2.74. The third-order valence-electron chi connectivity index (χ3n) is 4.44. The smallest absolute Gasteiger partial charge is 0.0953 e. The standard InChI is InChI=1S/C11H11N/c1-10-4-3-8-9(11(8,10)2)5-7(10)6-12/h3-5,8-9H,1-2H3/t8-,9-,10+,11-/m0/s1. The average molecular weight is 157 g/mol. The normalized spacial score (nSPS) is 57.9. The van der Waals surface area contributed by atoms with Crippen molar-refractivity contribution in [3.8, 4) is 6.07 Å². The van der Waals surface area contributed by atoms with Crippen molar-refractivity contribution in [1.29, 1.82) is 5.26 Å². The van der Waals surface area contributed by atoms with Gasteiger partial charge in [0.2, 0.25) is 0 Å². The number of nitriles is 1. The zero-order valence-electron chi connectivity index (χ0n) is 7.33. The Bertz CT molecular complexity index is 371. The van der Waals surface area contributed by atoms with Crippen molar-refractivity contribution in [2.45, 2.75) is 13.8 Å². The zero-order chi connectivity index (χ0) is 8.56. The number of fused-ring (bicyclic) bond motifs is 1.